The van der Waals surface area contributed by atoms with Crippen molar-refractivity contribution in [2.75, 3.05) is 13.7 Å². The molecule has 0 saturated carbocycles. The molecule has 0 unspecified atom stereocenters. The Morgan fingerprint density at radius 2 is 2.00 bits per heavy atom. The van der Waals surface area contributed by atoms with E-state index in [-0.39, 0.29) is 11.6 Å². The average Bonchev–Trinajstić information content (AvgIpc) is 3.09. The number of nitrogens with zero attached hydrogens (tertiary/aromatic N) is 2. The zero-order valence-electron chi connectivity index (χ0n) is 18.8. The minimum absolute atomic E-state index is 0.0247. The van der Waals surface area contributed by atoms with Crippen LogP contribution in [0.2, 0.25) is 5.02 Å². The largest absolute Gasteiger partial charge is 0.465 e. The number of amides is 1. The Morgan fingerprint density at radius 1 is 1.24 bits per heavy atom. The van der Waals surface area contributed by atoms with E-state index in [2.05, 4.69) is 10.3 Å². The van der Waals surface area contributed by atoms with Gasteiger partial charge in [0.15, 0.2) is 0 Å². The molecule has 0 spiro atoms. The van der Waals surface area contributed by atoms with Crippen LogP contribution in [0.5, 0.6) is 0 Å². The summed E-state index contributed by atoms with van der Waals surface area (Å²) in [6.07, 6.45) is 4.84. The van der Waals surface area contributed by atoms with Crippen LogP contribution in [-0.4, -0.2) is 40.7 Å². The number of carbonyl (C=O) groups is 2. The molecule has 0 aliphatic carbocycles. The van der Waals surface area contributed by atoms with Gasteiger partial charge in [-0.2, -0.15) is 0 Å². The number of ether oxygens (including phenoxy) is 2. The lowest BCUT2D eigenvalue weighted by molar-refractivity contribution is 0.0527. The molecule has 9 heteroatoms. The summed E-state index contributed by atoms with van der Waals surface area (Å²) < 4.78 is 26.1. The second kappa shape index (κ2) is 10.0. The molecular weight excluding hydrogens is 449 g/mol. The number of alkyl carbamates (subject to hydrolysis) is 1. The molecule has 0 atom stereocenters. The molecule has 0 saturated heterocycles. The highest BCUT2D eigenvalue weighted by molar-refractivity contribution is 6.30. The third-order valence-corrected chi connectivity index (χ3v) is 4.90. The number of methoxy groups -OCH3 is 1. The summed E-state index contributed by atoms with van der Waals surface area (Å²) in [4.78, 5) is 28.5. The van der Waals surface area contributed by atoms with Gasteiger partial charge in [-0.15, -0.1) is 0 Å². The monoisotopic (exact) mass is 473 g/mol. The van der Waals surface area contributed by atoms with Crippen LogP contribution in [0.4, 0.5) is 9.18 Å². The Labute approximate surface area is 196 Å². The highest BCUT2D eigenvalue weighted by Gasteiger charge is 2.17. The second-order valence-corrected chi connectivity index (χ2v) is 8.64. The van der Waals surface area contributed by atoms with E-state index in [9.17, 15) is 14.0 Å². The lowest BCUT2D eigenvalue weighted by atomic mass is 10.1. The van der Waals surface area contributed by atoms with Crippen molar-refractivity contribution in [2.24, 2.45) is 0 Å². The van der Waals surface area contributed by atoms with Gasteiger partial charge in [0.25, 0.3) is 0 Å². The Morgan fingerprint density at radius 3 is 2.70 bits per heavy atom. The molecule has 0 aliphatic heterocycles. The van der Waals surface area contributed by atoms with Crippen LogP contribution in [-0.2, 0) is 15.9 Å². The van der Waals surface area contributed by atoms with Crippen LogP contribution in [0.1, 0.15) is 48.1 Å². The summed E-state index contributed by atoms with van der Waals surface area (Å²) in [5, 5.41) is 2.75. The van der Waals surface area contributed by atoms with Crippen molar-refractivity contribution in [3.8, 4) is 0 Å². The van der Waals surface area contributed by atoms with Crippen LogP contribution in [0.3, 0.4) is 0 Å². The Kier molecular flexibility index (Phi) is 7.38. The second-order valence-electron chi connectivity index (χ2n) is 8.23. The van der Waals surface area contributed by atoms with E-state index >= 15 is 0 Å². The molecule has 1 amide bonds. The van der Waals surface area contributed by atoms with Crippen molar-refractivity contribution in [3.05, 3.63) is 69.9 Å². The summed E-state index contributed by atoms with van der Waals surface area (Å²) >= 11 is 5.87. The maximum absolute atomic E-state index is 14.3. The zero-order chi connectivity index (χ0) is 24.2. The van der Waals surface area contributed by atoms with Crippen LogP contribution in [0.25, 0.3) is 17.8 Å². The SMILES string of the molecule is COC(=O)c1ccn2c(CCNC(=O)OC(C)(C)C)c(/C=C/c3cccc(Cl)c3F)nc2c1. The molecule has 7 nitrogen and oxygen atoms in total. The van der Waals surface area contributed by atoms with Crippen LogP contribution >= 0.6 is 11.6 Å². The van der Waals surface area contributed by atoms with E-state index in [1.165, 1.54) is 13.2 Å². The molecule has 0 aliphatic rings. The quantitative estimate of drug-likeness (QED) is 0.500. The van der Waals surface area contributed by atoms with E-state index in [4.69, 9.17) is 21.1 Å². The summed E-state index contributed by atoms with van der Waals surface area (Å²) in [6.45, 7) is 5.64. The standard InChI is InChI=1S/C24H25ClFN3O4/c1-24(2,3)33-23(31)27-12-10-19-18(9-8-15-6-5-7-17(25)21(15)26)28-20-14-16(22(30)32-4)11-13-29(19)20/h5-9,11,13-14H,10,12H2,1-4H3,(H,27,31)/b9-8+. The van der Waals surface area contributed by atoms with Gasteiger partial charge < -0.3 is 19.2 Å². The molecule has 2 heterocycles. The van der Waals surface area contributed by atoms with Gasteiger partial charge in [-0.05, 0) is 51.1 Å². The molecular formula is C24H25ClFN3O4. The Hall–Kier alpha value is -3.39. The molecule has 1 N–H and O–H groups in total. The topological polar surface area (TPSA) is 81.9 Å². The summed E-state index contributed by atoms with van der Waals surface area (Å²) in [7, 11) is 1.31. The van der Waals surface area contributed by atoms with Gasteiger partial charge >= 0.3 is 12.1 Å². The molecule has 174 valence electrons. The fourth-order valence-electron chi connectivity index (χ4n) is 3.16. The van der Waals surface area contributed by atoms with Crippen molar-refractivity contribution in [1.82, 2.24) is 14.7 Å². The van der Waals surface area contributed by atoms with E-state index in [1.807, 2.05) is 0 Å². The fourth-order valence-corrected chi connectivity index (χ4v) is 3.34. The molecule has 3 rings (SSSR count). The molecule has 0 fully saturated rings. The molecule has 0 bridgehead atoms. The molecule has 2 aromatic heterocycles. The van der Waals surface area contributed by atoms with Gasteiger partial charge in [0.1, 0.15) is 17.1 Å². The number of carbonyl (C=O) groups excluding carboxylic acids is 2. The van der Waals surface area contributed by atoms with Crippen molar-refractivity contribution in [3.63, 3.8) is 0 Å². The van der Waals surface area contributed by atoms with Crippen molar-refractivity contribution < 1.29 is 23.5 Å². The van der Waals surface area contributed by atoms with Crippen molar-refractivity contribution in [1.29, 1.82) is 0 Å². The predicted molar refractivity (Wildman–Crippen MR) is 125 cm³/mol. The first-order chi connectivity index (χ1) is 15.6. The van der Waals surface area contributed by atoms with E-state index in [0.29, 0.717) is 28.9 Å². The zero-order valence-corrected chi connectivity index (χ0v) is 19.6. The molecule has 1 aromatic carbocycles. The highest BCUT2D eigenvalue weighted by atomic mass is 35.5. The first-order valence-corrected chi connectivity index (χ1v) is 10.6. The van der Waals surface area contributed by atoms with Gasteiger partial charge in [0, 0.05) is 24.7 Å². The van der Waals surface area contributed by atoms with Gasteiger partial charge in [-0.1, -0.05) is 23.7 Å². The lowest BCUT2D eigenvalue weighted by Gasteiger charge is -2.19. The van der Waals surface area contributed by atoms with Gasteiger partial charge in [0.2, 0.25) is 0 Å². The first-order valence-electron chi connectivity index (χ1n) is 10.3. The van der Waals surface area contributed by atoms with E-state index in [0.717, 1.165) is 5.69 Å². The van der Waals surface area contributed by atoms with Crippen molar-refractivity contribution in [2.45, 2.75) is 32.8 Å². The number of fused-ring (bicyclic) bond motifs is 1. The predicted octanol–water partition coefficient (Wildman–Crippen LogP) is 5.15. The number of nitrogens with one attached hydrogen (secondary N) is 1. The first kappa shape index (κ1) is 24.3. The van der Waals surface area contributed by atoms with Gasteiger partial charge in [-0.3, -0.25) is 0 Å². The maximum atomic E-state index is 14.3. The van der Waals surface area contributed by atoms with Crippen molar-refractivity contribution >= 4 is 41.5 Å². The highest BCUT2D eigenvalue weighted by Crippen LogP contribution is 2.22. The number of halogens is 2. The summed E-state index contributed by atoms with van der Waals surface area (Å²) in [5.41, 5.74) is 1.89. The third kappa shape index (κ3) is 6.10. The fraction of sp³-hybridized carbons (Fsp3) is 0.292. The molecule has 3 aromatic rings. The van der Waals surface area contributed by atoms with Crippen LogP contribution < -0.4 is 5.32 Å². The van der Waals surface area contributed by atoms with E-state index < -0.39 is 23.5 Å². The Bertz CT molecular complexity index is 1210. The number of imidazole rings is 1. The molecule has 33 heavy (non-hydrogen) atoms. The lowest BCUT2D eigenvalue weighted by Crippen LogP contribution is -2.33. The Balaban J connectivity index is 1.92. The number of hydrogen-bond donors (Lipinski definition) is 1. The smallest absolute Gasteiger partial charge is 0.407 e. The number of esters is 1. The van der Waals surface area contributed by atoms with Gasteiger partial charge in [0.05, 0.1) is 29.1 Å². The number of benzene rings is 1. The number of rotatable bonds is 6. The minimum Gasteiger partial charge on any atom is -0.465 e. The maximum Gasteiger partial charge on any atom is 0.407 e. The third-order valence-electron chi connectivity index (χ3n) is 4.61. The normalized spacial score (nSPS) is 11.7. The van der Waals surface area contributed by atoms with E-state index in [1.54, 1.807) is 67.8 Å². The number of aromatic nitrogens is 2. The van der Waals surface area contributed by atoms with Crippen LogP contribution in [0, 0.1) is 5.82 Å². The summed E-state index contributed by atoms with van der Waals surface area (Å²) in [6, 6.07) is 7.96. The summed E-state index contributed by atoms with van der Waals surface area (Å²) in [5.74, 6) is -1.01. The molecule has 0 radical (unpaired) electrons. The average molecular weight is 474 g/mol. The van der Waals surface area contributed by atoms with Crippen LogP contribution in [0.15, 0.2) is 36.5 Å². The number of hydrogen-bond acceptors (Lipinski definition) is 5. The minimum atomic E-state index is -0.605. The van der Waals surface area contributed by atoms with Gasteiger partial charge in [-0.25, -0.2) is 19.0 Å². The number of pyridine rings is 1.